The van der Waals surface area contributed by atoms with Crippen molar-refractivity contribution in [1.29, 1.82) is 0 Å². The van der Waals surface area contributed by atoms with Crippen molar-refractivity contribution >= 4 is 22.7 Å². The molecule has 0 aliphatic carbocycles. The summed E-state index contributed by atoms with van der Waals surface area (Å²) < 4.78 is 19.2. The van der Waals surface area contributed by atoms with Gasteiger partial charge in [0.2, 0.25) is 5.89 Å². The van der Waals surface area contributed by atoms with Gasteiger partial charge in [-0.05, 0) is 30.7 Å². The Kier molecular flexibility index (Phi) is 2.56. The maximum absolute atomic E-state index is 13.7. The van der Waals surface area contributed by atoms with Crippen LogP contribution in [0.1, 0.15) is 5.56 Å². The molecule has 90 valence electrons. The first kappa shape index (κ1) is 11.2. The molecule has 3 rings (SSSR count). The summed E-state index contributed by atoms with van der Waals surface area (Å²) in [6.07, 6.45) is 0. The maximum Gasteiger partial charge on any atom is 0.230 e. The van der Waals surface area contributed by atoms with Crippen molar-refractivity contribution in [2.24, 2.45) is 0 Å². The minimum atomic E-state index is -0.363. The van der Waals surface area contributed by atoms with Crippen molar-refractivity contribution in [1.82, 2.24) is 4.98 Å². The average Bonchev–Trinajstić information content (AvgIpc) is 2.80. The quantitative estimate of drug-likeness (QED) is 0.640. The van der Waals surface area contributed by atoms with Crippen LogP contribution in [0.2, 0.25) is 5.02 Å². The number of benzene rings is 2. The number of halogens is 2. The van der Waals surface area contributed by atoms with Gasteiger partial charge in [0.25, 0.3) is 0 Å². The summed E-state index contributed by atoms with van der Waals surface area (Å²) in [5.41, 5.74) is 2.44. The van der Waals surface area contributed by atoms with Gasteiger partial charge in [-0.15, -0.1) is 0 Å². The van der Waals surface area contributed by atoms with Crippen LogP contribution >= 0.6 is 11.6 Å². The molecule has 0 aliphatic heterocycles. The molecule has 0 radical (unpaired) electrons. The van der Waals surface area contributed by atoms with E-state index in [1.807, 2.05) is 13.0 Å². The smallest absolute Gasteiger partial charge is 0.230 e. The molecule has 1 aromatic heterocycles. The van der Waals surface area contributed by atoms with Crippen molar-refractivity contribution in [2.45, 2.75) is 6.92 Å². The fourth-order valence-corrected chi connectivity index (χ4v) is 2.04. The molecule has 2 aromatic carbocycles. The van der Waals surface area contributed by atoms with Crippen LogP contribution in [-0.4, -0.2) is 4.98 Å². The summed E-state index contributed by atoms with van der Waals surface area (Å²) in [5, 5.41) is 0.477. The lowest BCUT2D eigenvalue weighted by Gasteiger charge is -1.95. The van der Waals surface area contributed by atoms with Crippen molar-refractivity contribution in [3.8, 4) is 11.5 Å². The highest BCUT2D eigenvalue weighted by Gasteiger charge is 2.15. The van der Waals surface area contributed by atoms with E-state index in [0.717, 1.165) is 5.56 Å². The number of hydrogen-bond acceptors (Lipinski definition) is 2. The number of aromatic nitrogens is 1. The van der Waals surface area contributed by atoms with Crippen molar-refractivity contribution < 1.29 is 8.81 Å². The molecule has 0 unspecified atom stereocenters. The second-order valence-electron chi connectivity index (χ2n) is 4.04. The van der Waals surface area contributed by atoms with Crippen LogP contribution in [0.15, 0.2) is 40.8 Å². The second-order valence-corrected chi connectivity index (χ2v) is 4.45. The Morgan fingerprint density at radius 3 is 2.67 bits per heavy atom. The first-order chi connectivity index (χ1) is 8.66. The van der Waals surface area contributed by atoms with Crippen LogP contribution in [0.5, 0.6) is 0 Å². The van der Waals surface area contributed by atoms with Crippen LogP contribution in [0.25, 0.3) is 22.6 Å². The summed E-state index contributed by atoms with van der Waals surface area (Å²) in [5.74, 6) is -0.114. The van der Waals surface area contributed by atoms with E-state index in [4.69, 9.17) is 16.0 Å². The molecule has 0 amide bonds. The lowest BCUT2D eigenvalue weighted by molar-refractivity contribution is 0.593. The average molecular weight is 262 g/mol. The molecule has 0 spiro atoms. The van der Waals surface area contributed by atoms with E-state index in [1.54, 1.807) is 24.3 Å². The van der Waals surface area contributed by atoms with E-state index in [0.29, 0.717) is 21.7 Å². The monoisotopic (exact) mass is 261 g/mol. The van der Waals surface area contributed by atoms with E-state index in [1.165, 1.54) is 6.07 Å². The third-order valence-corrected chi connectivity index (χ3v) is 3.10. The second kappa shape index (κ2) is 4.10. The van der Waals surface area contributed by atoms with E-state index < -0.39 is 0 Å². The molecule has 4 heteroatoms. The Morgan fingerprint density at radius 2 is 1.94 bits per heavy atom. The summed E-state index contributed by atoms with van der Waals surface area (Å²) in [7, 11) is 0. The Bertz CT molecular complexity index is 697. The third-order valence-electron chi connectivity index (χ3n) is 2.80. The third kappa shape index (κ3) is 1.68. The molecule has 0 fully saturated rings. The van der Waals surface area contributed by atoms with Gasteiger partial charge in [-0.3, -0.25) is 0 Å². The predicted molar refractivity (Wildman–Crippen MR) is 69.2 cm³/mol. The minimum absolute atomic E-state index is 0.249. The van der Waals surface area contributed by atoms with Gasteiger partial charge >= 0.3 is 0 Å². The number of hydrogen-bond donors (Lipinski definition) is 0. The fourth-order valence-electron chi connectivity index (χ4n) is 1.85. The number of nitrogens with zero attached hydrogens (tertiary/aromatic N) is 1. The Hall–Kier alpha value is -1.87. The van der Waals surface area contributed by atoms with Gasteiger partial charge in [0, 0.05) is 0 Å². The van der Waals surface area contributed by atoms with Gasteiger partial charge in [0.1, 0.15) is 11.3 Å². The number of aryl methyl sites for hydroxylation is 1. The molecule has 18 heavy (non-hydrogen) atoms. The standard InChI is InChI=1S/C14H9ClFNO/c1-8-6-7-10(15)13-12(8)17-14(18-13)9-4-2-3-5-11(9)16/h2-7H,1H3. The Labute approximate surface area is 108 Å². The zero-order valence-electron chi connectivity index (χ0n) is 9.58. The minimum Gasteiger partial charge on any atom is -0.434 e. The molecule has 3 aromatic rings. The van der Waals surface area contributed by atoms with Gasteiger partial charge in [0.05, 0.1) is 10.6 Å². The SMILES string of the molecule is Cc1ccc(Cl)c2oc(-c3ccccc3F)nc12. The molecule has 0 saturated heterocycles. The fraction of sp³-hybridized carbons (Fsp3) is 0.0714. The molecule has 0 aliphatic rings. The molecule has 0 N–H and O–H groups in total. The lowest BCUT2D eigenvalue weighted by atomic mass is 10.2. The summed E-state index contributed by atoms with van der Waals surface area (Å²) >= 11 is 6.04. The van der Waals surface area contributed by atoms with Crippen LogP contribution in [0.4, 0.5) is 4.39 Å². The number of rotatable bonds is 1. The first-order valence-electron chi connectivity index (χ1n) is 5.47. The van der Waals surface area contributed by atoms with Gasteiger partial charge in [0.15, 0.2) is 5.58 Å². The Morgan fingerprint density at radius 1 is 1.17 bits per heavy atom. The number of oxazole rings is 1. The predicted octanol–water partition coefficient (Wildman–Crippen LogP) is 4.60. The molecule has 0 atom stereocenters. The van der Waals surface area contributed by atoms with E-state index in [9.17, 15) is 4.39 Å². The van der Waals surface area contributed by atoms with E-state index in [2.05, 4.69) is 4.98 Å². The molecule has 0 bridgehead atoms. The van der Waals surface area contributed by atoms with Gasteiger partial charge in [-0.1, -0.05) is 29.8 Å². The van der Waals surface area contributed by atoms with Gasteiger partial charge < -0.3 is 4.42 Å². The Balaban J connectivity index is 2.29. The zero-order chi connectivity index (χ0) is 12.7. The molecular formula is C14H9ClFNO. The molecule has 0 saturated carbocycles. The lowest BCUT2D eigenvalue weighted by Crippen LogP contribution is -1.83. The maximum atomic E-state index is 13.7. The van der Waals surface area contributed by atoms with Crippen molar-refractivity contribution in [3.05, 3.63) is 52.8 Å². The van der Waals surface area contributed by atoms with E-state index in [-0.39, 0.29) is 11.7 Å². The normalized spacial score (nSPS) is 11.1. The molecule has 2 nitrogen and oxygen atoms in total. The summed E-state index contributed by atoms with van der Waals surface area (Å²) in [6.45, 7) is 1.91. The van der Waals surface area contributed by atoms with E-state index >= 15 is 0 Å². The highest BCUT2D eigenvalue weighted by molar-refractivity contribution is 6.34. The van der Waals surface area contributed by atoms with Crippen LogP contribution in [-0.2, 0) is 0 Å². The number of fused-ring (bicyclic) bond motifs is 1. The topological polar surface area (TPSA) is 26.0 Å². The van der Waals surface area contributed by atoms with Gasteiger partial charge in [-0.2, -0.15) is 0 Å². The van der Waals surface area contributed by atoms with Crippen molar-refractivity contribution in [3.63, 3.8) is 0 Å². The highest BCUT2D eigenvalue weighted by atomic mass is 35.5. The first-order valence-corrected chi connectivity index (χ1v) is 5.85. The van der Waals surface area contributed by atoms with Crippen LogP contribution < -0.4 is 0 Å². The summed E-state index contributed by atoms with van der Waals surface area (Å²) in [4.78, 5) is 4.31. The molecule has 1 heterocycles. The summed E-state index contributed by atoms with van der Waals surface area (Å²) in [6, 6.07) is 9.97. The molecular weight excluding hydrogens is 253 g/mol. The van der Waals surface area contributed by atoms with Gasteiger partial charge in [-0.25, -0.2) is 9.37 Å². The highest BCUT2D eigenvalue weighted by Crippen LogP contribution is 2.31. The van der Waals surface area contributed by atoms with Crippen molar-refractivity contribution in [2.75, 3.05) is 0 Å². The zero-order valence-corrected chi connectivity index (χ0v) is 10.3. The largest absolute Gasteiger partial charge is 0.434 e. The van der Waals surface area contributed by atoms with Crippen LogP contribution in [0.3, 0.4) is 0 Å². The van der Waals surface area contributed by atoms with Crippen LogP contribution in [0, 0.1) is 12.7 Å².